The number of hydrogen-bond acceptors (Lipinski definition) is 1. The van der Waals surface area contributed by atoms with Gasteiger partial charge in [0.05, 0.1) is 9.13 Å². The Hall–Kier alpha value is -1.43. The summed E-state index contributed by atoms with van der Waals surface area (Å²) < 4.78 is 13.9. The Morgan fingerprint density at radius 3 is 2.48 bits per heavy atom. The van der Waals surface area contributed by atoms with Gasteiger partial charge >= 0.3 is 0 Å². The highest BCUT2D eigenvalue weighted by Gasteiger charge is 2.30. The van der Waals surface area contributed by atoms with E-state index in [-0.39, 0.29) is 11.7 Å². The molecule has 0 aromatic heterocycles. The van der Waals surface area contributed by atoms with Crippen LogP contribution in [0.15, 0.2) is 42.5 Å². The topological polar surface area (TPSA) is 20.3 Å². The fourth-order valence-corrected chi connectivity index (χ4v) is 3.08. The SMILES string of the molecule is CC.O=C1c2c(ccc(F)c2I)CN1Cc1ccccc1. The van der Waals surface area contributed by atoms with Crippen LogP contribution in [-0.4, -0.2) is 10.8 Å². The molecule has 4 heteroatoms. The van der Waals surface area contributed by atoms with Crippen molar-refractivity contribution in [3.63, 3.8) is 0 Å². The normalized spacial score (nSPS) is 12.8. The van der Waals surface area contributed by atoms with E-state index >= 15 is 0 Å². The third kappa shape index (κ3) is 3.26. The first-order valence-electron chi connectivity index (χ1n) is 6.97. The Labute approximate surface area is 138 Å². The monoisotopic (exact) mass is 397 g/mol. The number of benzene rings is 2. The average Bonchev–Trinajstić information content (AvgIpc) is 2.83. The minimum absolute atomic E-state index is 0.0808. The summed E-state index contributed by atoms with van der Waals surface area (Å²) in [7, 11) is 0. The molecule has 2 aromatic carbocycles. The van der Waals surface area contributed by atoms with Gasteiger partial charge < -0.3 is 4.90 Å². The van der Waals surface area contributed by atoms with E-state index < -0.39 is 0 Å². The second-order valence-corrected chi connectivity index (χ2v) is 5.62. The molecule has 0 radical (unpaired) electrons. The molecule has 1 heterocycles. The van der Waals surface area contributed by atoms with Gasteiger partial charge in [-0.05, 0) is 39.8 Å². The summed E-state index contributed by atoms with van der Waals surface area (Å²) in [6, 6.07) is 13.0. The molecule has 3 rings (SSSR count). The van der Waals surface area contributed by atoms with Gasteiger partial charge in [0.1, 0.15) is 5.82 Å². The Kier molecular flexibility index (Phi) is 5.33. The molecule has 2 nitrogen and oxygen atoms in total. The van der Waals surface area contributed by atoms with Gasteiger partial charge in [-0.25, -0.2) is 4.39 Å². The van der Waals surface area contributed by atoms with Crippen molar-refractivity contribution in [3.05, 3.63) is 68.5 Å². The molecule has 1 aliphatic rings. The van der Waals surface area contributed by atoms with Gasteiger partial charge in [-0.15, -0.1) is 0 Å². The fraction of sp³-hybridized carbons (Fsp3) is 0.235. The zero-order valence-electron chi connectivity index (χ0n) is 12.1. The standard InChI is InChI=1S/C15H11FINO.C2H6/c16-12-7-6-11-9-18(15(19)13(11)14(12)17)8-10-4-2-1-3-5-10;1-2/h1-7H,8-9H2;1-2H3. The van der Waals surface area contributed by atoms with Gasteiger partial charge in [0.2, 0.25) is 0 Å². The number of fused-ring (bicyclic) bond motifs is 1. The van der Waals surface area contributed by atoms with Crippen LogP contribution in [0.2, 0.25) is 0 Å². The predicted molar refractivity (Wildman–Crippen MR) is 90.5 cm³/mol. The number of nitrogens with zero attached hydrogens (tertiary/aromatic N) is 1. The highest BCUT2D eigenvalue weighted by molar-refractivity contribution is 14.1. The lowest BCUT2D eigenvalue weighted by Gasteiger charge is -2.15. The number of amides is 1. The first kappa shape index (κ1) is 15.9. The fourth-order valence-electron chi connectivity index (χ4n) is 2.32. The van der Waals surface area contributed by atoms with Gasteiger partial charge in [0, 0.05) is 13.1 Å². The van der Waals surface area contributed by atoms with E-state index in [4.69, 9.17) is 0 Å². The molecule has 1 aliphatic heterocycles. The molecular formula is C17H17FINO. The highest BCUT2D eigenvalue weighted by Crippen LogP contribution is 2.29. The van der Waals surface area contributed by atoms with Crippen LogP contribution >= 0.6 is 22.6 Å². The van der Waals surface area contributed by atoms with Crippen LogP contribution in [-0.2, 0) is 13.1 Å². The van der Waals surface area contributed by atoms with E-state index in [1.54, 1.807) is 11.0 Å². The molecule has 0 fully saturated rings. The number of halogens is 2. The van der Waals surface area contributed by atoms with Gasteiger partial charge in [-0.2, -0.15) is 0 Å². The lowest BCUT2D eigenvalue weighted by atomic mass is 10.1. The third-order valence-corrected chi connectivity index (χ3v) is 4.31. The molecule has 21 heavy (non-hydrogen) atoms. The van der Waals surface area contributed by atoms with E-state index in [0.717, 1.165) is 11.1 Å². The second-order valence-electron chi connectivity index (χ2n) is 4.54. The van der Waals surface area contributed by atoms with Crippen molar-refractivity contribution in [2.75, 3.05) is 0 Å². The minimum Gasteiger partial charge on any atom is -0.330 e. The molecule has 0 saturated carbocycles. The predicted octanol–water partition coefficient (Wildman–Crippen LogP) is 4.61. The van der Waals surface area contributed by atoms with Crippen molar-refractivity contribution in [1.82, 2.24) is 4.90 Å². The van der Waals surface area contributed by atoms with Crippen molar-refractivity contribution in [1.29, 1.82) is 0 Å². The minimum atomic E-state index is -0.325. The molecule has 0 bridgehead atoms. The van der Waals surface area contributed by atoms with Crippen LogP contribution in [0.4, 0.5) is 4.39 Å². The van der Waals surface area contributed by atoms with E-state index in [1.165, 1.54) is 6.07 Å². The maximum Gasteiger partial charge on any atom is 0.255 e. The van der Waals surface area contributed by atoms with Crippen molar-refractivity contribution in [2.45, 2.75) is 26.9 Å². The van der Waals surface area contributed by atoms with Crippen LogP contribution in [0.5, 0.6) is 0 Å². The zero-order chi connectivity index (χ0) is 15.4. The molecule has 110 valence electrons. The number of carbonyl (C=O) groups is 1. The summed E-state index contributed by atoms with van der Waals surface area (Å²) in [5.41, 5.74) is 2.52. The quantitative estimate of drug-likeness (QED) is 0.678. The van der Waals surface area contributed by atoms with Crippen molar-refractivity contribution in [3.8, 4) is 0 Å². The van der Waals surface area contributed by atoms with Crippen molar-refractivity contribution in [2.24, 2.45) is 0 Å². The van der Waals surface area contributed by atoms with Gasteiger partial charge in [-0.3, -0.25) is 4.79 Å². The lowest BCUT2D eigenvalue weighted by molar-refractivity contribution is 0.0765. The Morgan fingerprint density at radius 2 is 1.81 bits per heavy atom. The van der Waals surface area contributed by atoms with Gasteiger partial charge in [0.15, 0.2) is 0 Å². The molecule has 0 N–H and O–H groups in total. The van der Waals surface area contributed by atoms with Crippen molar-refractivity contribution < 1.29 is 9.18 Å². The Bertz CT molecular complexity index is 643. The lowest BCUT2D eigenvalue weighted by Crippen LogP contribution is -2.23. The van der Waals surface area contributed by atoms with E-state index in [2.05, 4.69) is 0 Å². The number of carbonyl (C=O) groups excluding carboxylic acids is 1. The van der Waals surface area contributed by atoms with E-state index in [1.807, 2.05) is 66.8 Å². The van der Waals surface area contributed by atoms with Gasteiger partial charge in [0.25, 0.3) is 5.91 Å². The summed E-state index contributed by atoms with van der Waals surface area (Å²) in [6.45, 7) is 5.12. The number of hydrogen-bond donors (Lipinski definition) is 0. The highest BCUT2D eigenvalue weighted by atomic mass is 127. The van der Waals surface area contributed by atoms with E-state index in [0.29, 0.717) is 22.2 Å². The molecule has 0 unspecified atom stereocenters. The first-order valence-corrected chi connectivity index (χ1v) is 8.05. The maximum absolute atomic E-state index is 13.5. The Morgan fingerprint density at radius 1 is 1.14 bits per heavy atom. The largest absolute Gasteiger partial charge is 0.330 e. The zero-order valence-corrected chi connectivity index (χ0v) is 14.2. The van der Waals surface area contributed by atoms with Crippen molar-refractivity contribution >= 4 is 28.5 Å². The molecule has 1 amide bonds. The molecule has 2 aromatic rings. The van der Waals surface area contributed by atoms with Gasteiger partial charge in [-0.1, -0.05) is 50.2 Å². The van der Waals surface area contributed by atoms with Crippen LogP contribution < -0.4 is 0 Å². The summed E-state index contributed by atoms with van der Waals surface area (Å²) >= 11 is 1.90. The molecule has 0 spiro atoms. The van der Waals surface area contributed by atoms with Crippen LogP contribution in [0.1, 0.15) is 35.3 Å². The van der Waals surface area contributed by atoms with Crippen LogP contribution in [0, 0.1) is 9.39 Å². The molecule has 0 aliphatic carbocycles. The molecule has 0 saturated heterocycles. The Balaban J connectivity index is 0.000000774. The maximum atomic E-state index is 13.5. The molecular weight excluding hydrogens is 380 g/mol. The third-order valence-electron chi connectivity index (χ3n) is 3.26. The summed E-state index contributed by atoms with van der Waals surface area (Å²) in [6.07, 6.45) is 0. The summed E-state index contributed by atoms with van der Waals surface area (Å²) in [5.74, 6) is -0.406. The second kappa shape index (κ2) is 7.02. The first-order chi connectivity index (χ1) is 10.2. The van der Waals surface area contributed by atoms with Crippen LogP contribution in [0.25, 0.3) is 0 Å². The van der Waals surface area contributed by atoms with Crippen LogP contribution in [0.3, 0.4) is 0 Å². The number of rotatable bonds is 2. The van der Waals surface area contributed by atoms with E-state index in [9.17, 15) is 9.18 Å². The molecule has 0 atom stereocenters. The average molecular weight is 397 g/mol. The summed E-state index contributed by atoms with van der Waals surface area (Å²) in [5, 5.41) is 0. The summed E-state index contributed by atoms with van der Waals surface area (Å²) in [4.78, 5) is 14.1. The smallest absolute Gasteiger partial charge is 0.255 e.